The maximum Gasteiger partial charge on any atom is 0.472 e. The second kappa shape index (κ2) is 74.5. The Hall–Kier alpha value is -1.94. The van der Waals surface area contributed by atoms with Crippen molar-refractivity contribution in [3.8, 4) is 0 Å². The van der Waals surface area contributed by atoms with Gasteiger partial charge < -0.3 is 33.8 Å². The highest BCUT2D eigenvalue weighted by molar-refractivity contribution is 7.47. The fourth-order valence-corrected chi connectivity index (χ4v) is 14.5. The van der Waals surface area contributed by atoms with Crippen LogP contribution in [-0.4, -0.2) is 96.7 Å². The third kappa shape index (κ3) is 76.3. The molecule has 17 nitrogen and oxygen atoms in total. The molecule has 0 aromatic heterocycles. The topological polar surface area (TPSA) is 237 Å². The number of aliphatic hydroxyl groups is 1. The van der Waals surface area contributed by atoms with Gasteiger partial charge in [0.25, 0.3) is 0 Å². The number of aliphatic hydroxyl groups excluding tert-OH is 1. The molecule has 0 radical (unpaired) electrons. The summed E-state index contributed by atoms with van der Waals surface area (Å²) in [6.45, 7) is 9.61. The number of phosphoric acid groups is 2. The Morgan fingerprint density at radius 2 is 0.451 bits per heavy atom. The third-order valence-electron chi connectivity index (χ3n) is 19.5. The zero-order chi connectivity index (χ0) is 74.9. The van der Waals surface area contributed by atoms with Crippen LogP contribution in [0.2, 0.25) is 0 Å². The van der Waals surface area contributed by atoms with Crippen LogP contribution in [0.25, 0.3) is 0 Å². The second-order valence-corrected chi connectivity index (χ2v) is 33.7. The molecule has 0 heterocycles. The van der Waals surface area contributed by atoms with Crippen molar-refractivity contribution in [1.29, 1.82) is 0 Å². The van der Waals surface area contributed by atoms with Gasteiger partial charge in [-0.05, 0) is 37.5 Å². The zero-order valence-corrected chi connectivity index (χ0v) is 68.7. The van der Waals surface area contributed by atoms with Crippen molar-refractivity contribution in [2.24, 2.45) is 11.8 Å². The molecule has 19 heteroatoms. The summed E-state index contributed by atoms with van der Waals surface area (Å²) in [6.07, 6.45) is 65.4. The molecule has 606 valence electrons. The summed E-state index contributed by atoms with van der Waals surface area (Å²) in [7, 11) is -9.92. The molecular weight excluding hydrogens is 1330 g/mol. The van der Waals surface area contributed by atoms with Gasteiger partial charge in [0.1, 0.15) is 19.3 Å². The van der Waals surface area contributed by atoms with E-state index in [1.165, 1.54) is 250 Å². The normalized spacial score (nSPS) is 13.9. The van der Waals surface area contributed by atoms with E-state index in [0.29, 0.717) is 31.6 Å². The number of ether oxygens (including phenoxy) is 4. The molecule has 102 heavy (non-hydrogen) atoms. The highest BCUT2D eigenvalue weighted by Crippen LogP contribution is 2.45. The first-order chi connectivity index (χ1) is 49.4. The molecule has 0 saturated heterocycles. The van der Waals surface area contributed by atoms with Gasteiger partial charge in [0.15, 0.2) is 12.2 Å². The summed E-state index contributed by atoms with van der Waals surface area (Å²) in [5.74, 6) is -0.611. The smallest absolute Gasteiger partial charge is 0.462 e. The molecule has 2 unspecified atom stereocenters. The van der Waals surface area contributed by atoms with E-state index < -0.39 is 97.5 Å². The Balaban J connectivity index is 5.21. The minimum Gasteiger partial charge on any atom is -0.462 e. The van der Waals surface area contributed by atoms with Gasteiger partial charge in [0.05, 0.1) is 26.4 Å². The van der Waals surface area contributed by atoms with Crippen LogP contribution in [0.4, 0.5) is 0 Å². The Morgan fingerprint density at radius 1 is 0.265 bits per heavy atom. The van der Waals surface area contributed by atoms with Crippen molar-refractivity contribution < 1.29 is 80.2 Å². The summed E-state index contributed by atoms with van der Waals surface area (Å²) in [5.41, 5.74) is 0. The summed E-state index contributed by atoms with van der Waals surface area (Å²) in [4.78, 5) is 73.1. The Kier molecular flexibility index (Phi) is 73.1. The monoisotopic (exact) mass is 1490 g/mol. The van der Waals surface area contributed by atoms with Gasteiger partial charge >= 0.3 is 39.5 Å². The van der Waals surface area contributed by atoms with E-state index in [2.05, 4.69) is 41.5 Å². The molecule has 0 aromatic carbocycles. The lowest BCUT2D eigenvalue weighted by atomic mass is 10.0. The number of hydrogen-bond donors (Lipinski definition) is 3. The summed E-state index contributed by atoms with van der Waals surface area (Å²) in [6, 6.07) is 0. The summed E-state index contributed by atoms with van der Waals surface area (Å²) < 4.78 is 68.8. The van der Waals surface area contributed by atoms with E-state index in [-0.39, 0.29) is 25.7 Å². The number of carbonyl (C=O) groups is 4. The molecule has 0 spiro atoms. The number of unbranched alkanes of at least 4 members (excludes halogenated alkanes) is 52. The zero-order valence-electron chi connectivity index (χ0n) is 66.9. The fraction of sp³-hybridized carbons (Fsp3) is 0.952. The largest absolute Gasteiger partial charge is 0.472 e. The summed E-state index contributed by atoms with van der Waals surface area (Å²) in [5, 5.41) is 10.6. The first-order valence-electron chi connectivity index (χ1n) is 43.0. The van der Waals surface area contributed by atoms with Crippen molar-refractivity contribution in [2.45, 2.75) is 458 Å². The average molecular weight is 1490 g/mol. The maximum absolute atomic E-state index is 13.1. The Morgan fingerprint density at radius 3 is 0.667 bits per heavy atom. The minimum atomic E-state index is -4.96. The average Bonchev–Trinajstić information content (AvgIpc) is 0.923. The first kappa shape index (κ1) is 100. The van der Waals surface area contributed by atoms with Gasteiger partial charge in [-0.15, -0.1) is 0 Å². The van der Waals surface area contributed by atoms with Crippen LogP contribution in [0.3, 0.4) is 0 Å². The molecule has 0 aromatic rings. The maximum atomic E-state index is 13.1. The van der Waals surface area contributed by atoms with Gasteiger partial charge in [0.2, 0.25) is 0 Å². The Bertz CT molecular complexity index is 1960. The summed E-state index contributed by atoms with van der Waals surface area (Å²) >= 11 is 0. The highest BCUT2D eigenvalue weighted by atomic mass is 31.2. The van der Waals surface area contributed by atoms with E-state index in [1.807, 2.05) is 0 Å². The predicted molar refractivity (Wildman–Crippen MR) is 418 cm³/mol. The molecule has 0 bridgehead atoms. The Labute approximate surface area is 626 Å². The van der Waals surface area contributed by atoms with Crippen LogP contribution in [-0.2, 0) is 65.4 Å². The van der Waals surface area contributed by atoms with Gasteiger partial charge in [-0.3, -0.25) is 37.3 Å². The lowest BCUT2D eigenvalue weighted by molar-refractivity contribution is -0.161. The van der Waals surface area contributed by atoms with Crippen molar-refractivity contribution in [3.05, 3.63) is 0 Å². The number of phosphoric ester groups is 2. The predicted octanol–water partition coefficient (Wildman–Crippen LogP) is 25.1. The highest BCUT2D eigenvalue weighted by Gasteiger charge is 2.30. The molecule has 0 aliphatic heterocycles. The van der Waals surface area contributed by atoms with Gasteiger partial charge in [-0.2, -0.15) is 0 Å². The number of rotatable bonds is 82. The van der Waals surface area contributed by atoms with Crippen LogP contribution in [0, 0.1) is 11.8 Å². The molecule has 0 rings (SSSR count). The lowest BCUT2D eigenvalue weighted by Crippen LogP contribution is -2.30. The van der Waals surface area contributed by atoms with Crippen molar-refractivity contribution in [1.82, 2.24) is 0 Å². The lowest BCUT2D eigenvalue weighted by Gasteiger charge is -2.21. The van der Waals surface area contributed by atoms with Crippen LogP contribution in [0.1, 0.15) is 440 Å². The van der Waals surface area contributed by atoms with E-state index in [0.717, 1.165) is 102 Å². The molecule has 0 fully saturated rings. The van der Waals surface area contributed by atoms with Crippen molar-refractivity contribution in [3.63, 3.8) is 0 Å². The first-order valence-corrected chi connectivity index (χ1v) is 46.0. The molecule has 0 amide bonds. The third-order valence-corrected chi connectivity index (χ3v) is 21.4. The molecule has 3 N–H and O–H groups in total. The quantitative estimate of drug-likeness (QED) is 0.0222. The minimum absolute atomic E-state index is 0.107. The molecule has 0 aliphatic carbocycles. The second-order valence-electron chi connectivity index (χ2n) is 30.8. The van der Waals surface area contributed by atoms with Crippen molar-refractivity contribution in [2.75, 3.05) is 39.6 Å². The number of esters is 4. The molecule has 5 atom stereocenters. The fourth-order valence-electron chi connectivity index (χ4n) is 12.9. The van der Waals surface area contributed by atoms with Crippen LogP contribution in [0.15, 0.2) is 0 Å². The SMILES string of the molecule is CCCCCCCCCCCCCCCCCCCCCCCCC(=O)O[C@H](COC(=O)CCCCCCCCCCCCCCCC(C)C)COP(=O)(O)OC[C@@H](O)COP(=O)(O)OC[C@@H](COC(=O)CCCCCCCCCC(C)C)OC(=O)CCCCCCCCCCCCCCCC. The molecular formula is C83H162O17P2. The number of carbonyl (C=O) groups excluding carboxylic acids is 4. The van der Waals surface area contributed by atoms with Gasteiger partial charge in [-0.1, -0.05) is 388 Å². The van der Waals surface area contributed by atoms with E-state index in [9.17, 15) is 43.2 Å². The van der Waals surface area contributed by atoms with E-state index in [1.54, 1.807) is 0 Å². The van der Waals surface area contributed by atoms with E-state index >= 15 is 0 Å². The van der Waals surface area contributed by atoms with Crippen LogP contribution >= 0.6 is 15.6 Å². The van der Waals surface area contributed by atoms with Gasteiger partial charge in [-0.25, -0.2) is 9.13 Å². The van der Waals surface area contributed by atoms with Crippen LogP contribution < -0.4 is 0 Å². The number of hydrogen-bond acceptors (Lipinski definition) is 15. The van der Waals surface area contributed by atoms with Gasteiger partial charge in [0, 0.05) is 25.7 Å². The van der Waals surface area contributed by atoms with Crippen molar-refractivity contribution >= 4 is 39.5 Å². The molecule has 0 aliphatic rings. The molecule has 0 saturated carbocycles. The standard InChI is InChI=1S/C83H162O17P2/c1-7-9-11-13-15-17-19-21-23-24-25-26-27-28-29-30-34-39-43-49-56-62-68-82(87)99-78(71-93-80(85)65-59-53-47-41-37-35-31-32-36-40-45-51-57-63-75(3)4)73-97-101(89,90)95-69-77(84)70-96-102(91,92)98-74-79(72-94-81(86)66-60-54-50-44-46-52-58-64-76(5)6)100-83(88)67-61-55-48-42-38-33-22-20-18-16-14-12-10-8-2/h75-79,84H,7-74H2,1-6H3,(H,89,90)(H,91,92)/t77-,78-,79-/m1/s1. The van der Waals surface area contributed by atoms with E-state index in [4.69, 9.17) is 37.0 Å². The van der Waals surface area contributed by atoms with Crippen LogP contribution in [0.5, 0.6) is 0 Å².